The Morgan fingerprint density at radius 1 is 1.16 bits per heavy atom. The average Bonchev–Trinajstić information content (AvgIpc) is 3.26. The first-order chi connectivity index (χ1) is 14.7. The Hall–Kier alpha value is -1.40. The topological polar surface area (TPSA) is 93.1 Å². The van der Waals surface area contributed by atoms with E-state index in [0.29, 0.717) is 25.0 Å². The second-order valence-electron chi connectivity index (χ2n) is 11.2. The Balaban J connectivity index is 1.48. The number of ether oxygens (including phenoxy) is 2. The van der Waals surface area contributed by atoms with Crippen LogP contribution in [0.4, 0.5) is 0 Å². The Morgan fingerprint density at radius 2 is 1.97 bits per heavy atom. The van der Waals surface area contributed by atoms with Crippen LogP contribution in [0.3, 0.4) is 0 Å². The van der Waals surface area contributed by atoms with Crippen molar-refractivity contribution in [3.8, 4) is 0 Å². The van der Waals surface area contributed by atoms with Crippen molar-refractivity contribution in [2.24, 2.45) is 34.5 Å². The Bertz CT molecular complexity index is 806. The van der Waals surface area contributed by atoms with Crippen molar-refractivity contribution in [3.05, 3.63) is 11.6 Å². The summed E-state index contributed by atoms with van der Waals surface area (Å²) >= 11 is 0. The van der Waals surface area contributed by atoms with E-state index >= 15 is 0 Å². The first-order valence-corrected chi connectivity index (χ1v) is 12.1. The predicted octanol–water partition coefficient (Wildman–Crippen LogP) is 3.15. The van der Waals surface area contributed by atoms with Crippen LogP contribution in [0.15, 0.2) is 11.6 Å². The fourth-order valence-electron chi connectivity index (χ4n) is 8.70. The lowest BCUT2D eigenvalue weighted by Gasteiger charge is -2.64. The van der Waals surface area contributed by atoms with Crippen LogP contribution in [0, 0.1) is 34.5 Å². The number of cyclic esters (lactones) is 1. The average molecular weight is 433 g/mol. The maximum Gasteiger partial charge on any atom is 0.331 e. The predicted molar refractivity (Wildman–Crippen MR) is 113 cm³/mol. The minimum absolute atomic E-state index is 0.144. The molecule has 172 valence electrons. The van der Waals surface area contributed by atoms with Crippen molar-refractivity contribution in [2.45, 2.75) is 83.3 Å². The van der Waals surface area contributed by atoms with Gasteiger partial charge in [0.15, 0.2) is 0 Å². The highest BCUT2D eigenvalue weighted by molar-refractivity contribution is 5.85. The highest BCUT2D eigenvalue weighted by Gasteiger charge is 2.68. The molecule has 1 heterocycles. The number of hydrogen-bond acceptors (Lipinski definition) is 6. The Kier molecular flexibility index (Phi) is 5.06. The lowest BCUT2D eigenvalue weighted by molar-refractivity contribution is -0.222. The van der Waals surface area contributed by atoms with E-state index in [9.17, 15) is 19.8 Å². The highest BCUT2D eigenvalue weighted by atomic mass is 16.5. The summed E-state index contributed by atoms with van der Waals surface area (Å²) in [5.74, 6) is 0.469. The molecule has 8 atom stereocenters. The molecular formula is C25H36O6. The highest BCUT2D eigenvalue weighted by Crippen LogP contribution is 2.70. The third kappa shape index (κ3) is 3.04. The van der Waals surface area contributed by atoms with Gasteiger partial charge >= 0.3 is 11.9 Å². The molecule has 5 rings (SSSR count). The van der Waals surface area contributed by atoms with Gasteiger partial charge in [0, 0.05) is 23.8 Å². The quantitative estimate of drug-likeness (QED) is 0.666. The van der Waals surface area contributed by atoms with E-state index in [1.807, 2.05) is 0 Å². The third-order valence-electron chi connectivity index (χ3n) is 10.2. The Labute approximate surface area is 184 Å². The molecule has 0 aromatic carbocycles. The molecule has 5 aliphatic rings. The van der Waals surface area contributed by atoms with E-state index in [-0.39, 0.29) is 40.7 Å². The summed E-state index contributed by atoms with van der Waals surface area (Å²) in [6.45, 7) is 4.46. The summed E-state index contributed by atoms with van der Waals surface area (Å²) in [6.07, 6.45) is 9.20. The fraction of sp³-hybridized carbons (Fsp3) is 0.840. The van der Waals surface area contributed by atoms with Crippen LogP contribution in [0.25, 0.3) is 0 Å². The molecule has 0 amide bonds. The molecule has 0 aromatic rings. The summed E-state index contributed by atoms with van der Waals surface area (Å²) in [7, 11) is 0. The summed E-state index contributed by atoms with van der Waals surface area (Å²) in [6, 6.07) is 0. The van der Waals surface area contributed by atoms with E-state index < -0.39 is 5.60 Å². The molecule has 31 heavy (non-hydrogen) atoms. The standard InChI is InChI=1S/C25H36O6/c1-15(26)31-14-24-9-5-18(27)12-17(24)3-4-21-20(24)6-8-23(2)19(7-10-25(21,23)29)16-11-22(28)30-13-16/h11,17-21,27,29H,3-10,12-14H2,1-2H3/t17-,18-,19-,20-,21+,23+,24+,25-/m0/s1. The third-order valence-corrected chi connectivity index (χ3v) is 10.2. The minimum atomic E-state index is -0.780. The van der Waals surface area contributed by atoms with Crippen LogP contribution in [0.2, 0.25) is 0 Å². The summed E-state index contributed by atoms with van der Waals surface area (Å²) in [5.41, 5.74) is -0.144. The monoisotopic (exact) mass is 432 g/mol. The molecule has 4 saturated carbocycles. The number of hydrogen-bond donors (Lipinski definition) is 2. The second-order valence-corrected chi connectivity index (χ2v) is 11.2. The van der Waals surface area contributed by atoms with Crippen LogP contribution in [-0.2, 0) is 19.1 Å². The van der Waals surface area contributed by atoms with E-state index in [1.54, 1.807) is 6.08 Å². The molecule has 6 nitrogen and oxygen atoms in total. The summed E-state index contributed by atoms with van der Waals surface area (Å²) < 4.78 is 10.9. The fourth-order valence-corrected chi connectivity index (χ4v) is 8.70. The molecule has 4 fully saturated rings. The zero-order valence-electron chi connectivity index (χ0n) is 18.8. The molecule has 0 aromatic heterocycles. The molecule has 0 radical (unpaired) electrons. The van der Waals surface area contributed by atoms with Gasteiger partial charge in [-0.3, -0.25) is 4.79 Å². The lowest BCUT2D eigenvalue weighted by atomic mass is 9.43. The van der Waals surface area contributed by atoms with Gasteiger partial charge in [0.05, 0.1) is 18.3 Å². The van der Waals surface area contributed by atoms with E-state index in [1.165, 1.54) is 6.92 Å². The van der Waals surface area contributed by atoms with Crippen molar-refractivity contribution in [3.63, 3.8) is 0 Å². The molecule has 0 unspecified atom stereocenters. The van der Waals surface area contributed by atoms with Crippen LogP contribution in [-0.4, -0.2) is 47.1 Å². The number of carbonyl (C=O) groups is 2. The van der Waals surface area contributed by atoms with Crippen LogP contribution in [0.5, 0.6) is 0 Å². The van der Waals surface area contributed by atoms with E-state index in [2.05, 4.69) is 6.92 Å². The maximum atomic E-state index is 12.3. The van der Waals surface area contributed by atoms with Gasteiger partial charge in [-0.05, 0) is 87.0 Å². The molecular weight excluding hydrogens is 396 g/mol. The van der Waals surface area contributed by atoms with Gasteiger partial charge in [-0.15, -0.1) is 0 Å². The Morgan fingerprint density at radius 3 is 2.68 bits per heavy atom. The van der Waals surface area contributed by atoms with E-state index in [4.69, 9.17) is 9.47 Å². The van der Waals surface area contributed by atoms with Gasteiger partial charge < -0.3 is 19.7 Å². The molecule has 6 heteroatoms. The van der Waals surface area contributed by atoms with Crippen molar-refractivity contribution in [1.82, 2.24) is 0 Å². The number of aliphatic hydroxyl groups is 2. The van der Waals surface area contributed by atoms with Crippen LogP contribution >= 0.6 is 0 Å². The van der Waals surface area contributed by atoms with Crippen molar-refractivity contribution in [1.29, 1.82) is 0 Å². The zero-order valence-corrected chi connectivity index (χ0v) is 18.8. The largest absolute Gasteiger partial charge is 0.465 e. The second kappa shape index (κ2) is 7.31. The smallest absolute Gasteiger partial charge is 0.331 e. The summed E-state index contributed by atoms with van der Waals surface area (Å²) in [5, 5.41) is 22.6. The van der Waals surface area contributed by atoms with E-state index in [0.717, 1.165) is 63.4 Å². The van der Waals surface area contributed by atoms with Crippen LogP contribution in [0.1, 0.15) is 71.6 Å². The van der Waals surface area contributed by atoms with Gasteiger partial charge in [0.1, 0.15) is 6.61 Å². The first-order valence-electron chi connectivity index (χ1n) is 12.1. The van der Waals surface area contributed by atoms with Crippen LogP contribution < -0.4 is 0 Å². The number of esters is 2. The SMILES string of the molecule is CC(=O)OC[C@]12CC[C@H](O)C[C@@H]1CC[C@@H]1[C@@H]2CC[C@]2(C)[C@H](C3=CC(=O)OC3)CC[C@]12O. The van der Waals surface area contributed by atoms with Crippen molar-refractivity contribution < 1.29 is 29.3 Å². The van der Waals surface area contributed by atoms with Crippen molar-refractivity contribution in [2.75, 3.05) is 13.2 Å². The minimum Gasteiger partial charge on any atom is -0.465 e. The molecule has 0 saturated heterocycles. The van der Waals surface area contributed by atoms with Gasteiger partial charge in [-0.2, -0.15) is 0 Å². The first kappa shape index (κ1) is 21.4. The number of carbonyl (C=O) groups excluding carboxylic acids is 2. The molecule has 0 bridgehead atoms. The zero-order chi connectivity index (χ0) is 22.0. The maximum absolute atomic E-state index is 12.3. The lowest BCUT2D eigenvalue weighted by Crippen LogP contribution is -2.64. The van der Waals surface area contributed by atoms with Gasteiger partial charge in [-0.25, -0.2) is 4.79 Å². The van der Waals surface area contributed by atoms with Gasteiger partial charge in [-0.1, -0.05) is 6.92 Å². The van der Waals surface area contributed by atoms with Gasteiger partial charge in [0.2, 0.25) is 0 Å². The summed E-state index contributed by atoms with van der Waals surface area (Å²) in [4.78, 5) is 23.4. The molecule has 1 aliphatic heterocycles. The molecule has 4 aliphatic carbocycles. The number of rotatable bonds is 3. The molecule has 0 spiro atoms. The van der Waals surface area contributed by atoms with Crippen molar-refractivity contribution >= 4 is 11.9 Å². The number of fused-ring (bicyclic) bond motifs is 5. The van der Waals surface area contributed by atoms with Gasteiger partial charge in [0.25, 0.3) is 0 Å². The molecule has 2 N–H and O–H groups in total. The normalized spacial score (nSPS) is 48.8. The number of aliphatic hydroxyl groups excluding tert-OH is 1.